The molecule has 0 saturated carbocycles. The Hall–Kier alpha value is -2.12. The van der Waals surface area contributed by atoms with Gasteiger partial charge < -0.3 is 25.0 Å². The van der Waals surface area contributed by atoms with Gasteiger partial charge in [-0.1, -0.05) is 6.07 Å². The van der Waals surface area contributed by atoms with E-state index in [9.17, 15) is 9.59 Å². The van der Waals surface area contributed by atoms with Crippen molar-refractivity contribution < 1.29 is 19.1 Å². The highest BCUT2D eigenvalue weighted by molar-refractivity contribution is 5.95. The number of nitrogens with one attached hydrogen (secondary N) is 2. The van der Waals surface area contributed by atoms with E-state index in [0.717, 1.165) is 5.69 Å². The molecule has 23 heavy (non-hydrogen) atoms. The van der Waals surface area contributed by atoms with E-state index in [-0.39, 0.29) is 18.4 Å². The molecule has 2 rings (SSSR count). The maximum atomic E-state index is 12.4. The van der Waals surface area contributed by atoms with Crippen LogP contribution in [0.5, 0.6) is 0 Å². The lowest BCUT2D eigenvalue weighted by Gasteiger charge is -2.27. The second-order valence-electron chi connectivity index (χ2n) is 5.18. The van der Waals surface area contributed by atoms with Gasteiger partial charge in [-0.05, 0) is 18.2 Å². The van der Waals surface area contributed by atoms with E-state index in [1.165, 1.54) is 0 Å². The molecule has 0 aromatic heterocycles. The van der Waals surface area contributed by atoms with Crippen LogP contribution in [0.3, 0.4) is 0 Å². The summed E-state index contributed by atoms with van der Waals surface area (Å²) < 4.78 is 10.1. The highest BCUT2D eigenvalue weighted by Gasteiger charge is 2.18. The summed E-state index contributed by atoms with van der Waals surface area (Å²) in [6.07, 6.45) is 0. The molecule has 0 spiro atoms. The average molecular weight is 321 g/mol. The SMILES string of the molecule is COCCNC(=O)CNc1cccc(C(=O)N2CCOCC2)c1. The number of hydrogen-bond donors (Lipinski definition) is 2. The van der Waals surface area contributed by atoms with Crippen molar-refractivity contribution in [3.8, 4) is 0 Å². The fourth-order valence-electron chi connectivity index (χ4n) is 2.25. The van der Waals surface area contributed by atoms with Gasteiger partial charge in [0.1, 0.15) is 0 Å². The van der Waals surface area contributed by atoms with E-state index < -0.39 is 0 Å². The van der Waals surface area contributed by atoms with Gasteiger partial charge in [0.15, 0.2) is 0 Å². The predicted octanol–water partition coefficient (Wildman–Crippen LogP) is 0.334. The molecule has 7 nitrogen and oxygen atoms in total. The first-order valence-corrected chi connectivity index (χ1v) is 7.67. The van der Waals surface area contributed by atoms with Crippen molar-refractivity contribution in [1.29, 1.82) is 0 Å². The fourth-order valence-corrected chi connectivity index (χ4v) is 2.25. The number of anilines is 1. The third kappa shape index (κ3) is 5.54. The summed E-state index contributed by atoms with van der Waals surface area (Å²) in [5, 5.41) is 5.75. The minimum Gasteiger partial charge on any atom is -0.383 e. The molecule has 0 bridgehead atoms. The monoisotopic (exact) mass is 321 g/mol. The third-order valence-corrected chi connectivity index (χ3v) is 3.49. The molecule has 126 valence electrons. The number of rotatable bonds is 7. The van der Waals surface area contributed by atoms with Crippen LogP contribution in [0.1, 0.15) is 10.4 Å². The van der Waals surface area contributed by atoms with Crippen molar-refractivity contribution in [2.75, 3.05) is 58.4 Å². The predicted molar refractivity (Wildman–Crippen MR) is 86.5 cm³/mol. The Labute approximate surface area is 135 Å². The van der Waals surface area contributed by atoms with Crippen molar-refractivity contribution in [3.05, 3.63) is 29.8 Å². The van der Waals surface area contributed by atoms with Gasteiger partial charge in [-0.25, -0.2) is 0 Å². The molecule has 1 aromatic rings. The Bertz CT molecular complexity index is 530. The van der Waals surface area contributed by atoms with E-state index in [2.05, 4.69) is 10.6 Å². The molecule has 1 saturated heterocycles. The molecule has 1 heterocycles. The van der Waals surface area contributed by atoms with Crippen LogP contribution in [0, 0.1) is 0 Å². The number of methoxy groups -OCH3 is 1. The van der Waals surface area contributed by atoms with E-state index in [0.29, 0.717) is 45.0 Å². The molecule has 0 radical (unpaired) electrons. The van der Waals surface area contributed by atoms with E-state index in [1.54, 1.807) is 30.2 Å². The molecule has 2 amide bonds. The number of benzene rings is 1. The van der Waals surface area contributed by atoms with Crippen LogP contribution in [0.2, 0.25) is 0 Å². The topological polar surface area (TPSA) is 79.9 Å². The van der Waals surface area contributed by atoms with Gasteiger partial charge in [0.2, 0.25) is 5.91 Å². The number of carbonyl (C=O) groups excluding carboxylic acids is 2. The Morgan fingerprint density at radius 2 is 2.09 bits per heavy atom. The quantitative estimate of drug-likeness (QED) is 0.708. The van der Waals surface area contributed by atoms with Crippen molar-refractivity contribution in [2.45, 2.75) is 0 Å². The van der Waals surface area contributed by atoms with Crippen LogP contribution in [-0.2, 0) is 14.3 Å². The van der Waals surface area contributed by atoms with Crippen LogP contribution >= 0.6 is 0 Å². The summed E-state index contributed by atoms with van der Waals surface area (Å²) >= 11 is 0. The van der Waals surface area contributed by atoms with Crippen LogP contribution in [-0.4, -0.2) is 69.8 Å². The minimum absolute atomic E-state index is 0.0125. The number of nitrogens with zero attached hydrogens (tertiary/aromatic N) is 1. The Kier molecular flexibility index (Phi) is 6.83. The maximum Gasteiger partial charge on any atom is 0.254 e. The molecule has 1 aromatic carbocycles. The molecule has 1 aliphatic heterocycles. The lowest BCUT2D eigenvalue weighted by atomic mass is 10.1. The number of hydrogen-bond acceptors (Lipinski definition) is 5. The average Bonchev–Trinajstić information content (AvgIpc) is 2.60. The van der Waals surface area contributed by atoms with E-state index in [4.69, 9.17) is 9.47 Å². The van der Waals surface area contributed by atoms with Gasteiger partial charge in [-0.2, -0.15) is 0 Å². The molecule has 2 N–H and O–H groups in total. The summed E-state index contributed by atoms with van der Waals surface area (Å²) in [6, 6.07) is 7.18. The molecule has 1 fully saturated rings. The highest BCUT2D eigenvalue weighted by Crippen LogP contribution is 2.13. The largest absolute Gasteiger partial charge is 0.383 e. The molecule has 7 heteroatoms. The van der Waals surface area contributed by atoms with Crippen LogP contribution in [0.4, 0.5) is 5.69 Å². The second-order valence-corrected chi connectivity index (χ2v) is 5.18. The van der Waals surface area contributed by atoms with Crippen molar-refractivity contribution in [1.82, 2.24) is 10.2 Å². The first kappa shape index (κ1) is 17.2. The first-order chi connectivity index (χ1) is 11.2. The third-order valence-electron chi connectivity index (χ3n) is 3.49. The van der Waals surface area contributed by atoms with Crippen molar-refractivity contribution in [3.63, 3.8) is 0 Å². The summed E-state index contributed by atoms with van der Waals surface area (Å²) in [5.74, 6) is -0.131. The smallest absolute Gasteiger partial charge is 0.254 e. The lowest BCUT2D eigenvalue weighted by Crippen LogP contribution is -2.40. The van der Waals surface area contributed by atoms with Crippen molar-refractivity contribution >= 4 is 17.5 Å². The normalized spacial score (nSPS) is 14.4. The molecule has 1 aliphatic rings. The van der Waals surface area contributed by atoms with Crippen LogP contribution in [0.15, 0.2) is 24.3 Å². The Morgan fingerprint density at radius 1 is 1.30 bits per heavy atom. The first-order valence-electron chi connectivity index (χ1n) is 7.67. The van der Waals surface area contributed by atoms with Crippen LogP contribution in [0.25, 0.3) is 0 Å². The van der Waals surface area contributed by atoms with E-state index >= 15 is 0 Å². The van der Waals surface area contributed by atoms with Crippen LogP contribution < -0.4 is 10.6 Å². The minimum atomic E-state index is -0.119. The number of carbonyl (C=O) groups is 2. The number of amides is 2. The van der Waals surface area contributed by atoms with Gasteiger partial charge >= 0.3 is 0 Å². The molecular formula is C16H23N3O4. The highest BCUT2D eigenvalue weighted by atomic mass is 16.5. The number of ether oxygens (including phenoxy) is 2. The van der Waals surface area contributed by atoms with Gasteiger partial charge in [-0.15, -0.1) is 0 Å². The fraction of sp³-hybridized carbons (Fsp3) is 0.500. The second kappa shape index (κ2) is 9.12. The summed E-state index contributed by atoms with van der Waals surface area (Å²) in [6.45, 7) is 3.48. The molecule has 0 atom stereocenters. The number of morpholine rings is 1. The van der Waals surface area contributed by atoms with Crippen molar-refractivity contribution in [2.24, 2.45) is 0 Å². The summed E-state index contributed by atoms with van der Waals surface area (Å²) in [4.78, 5) is 25.8. The Morgan fingerprint density at radius 3 is 2.83 bits per heavy atom. The standard InChI is InChI=1S/C16H23N3O4/c1-22-8-5-17-15(20)12-18-14-4-2-3-13(11-14)16(21)19-6-9-23-10-7-19/h2-4,11,18H,5-10,12H2,1H3,(H,17,20). The molecular weight excluding hydrogens is 298 g/mol. The zero-order valence-corrected chi connectivity index (χ0v) is 13.3. The maximum absolute atomic E-state index is 12.4. The molecule has 0 aliphatic carbocycles. The van der Waals surface area contributed by atoms with Gasteiger partial charge in [0.05, 0.1) is 26.4 Å². The zero-order chi connectivity index (χ0) is 16.5. The zero-order valence-electron chi connectivity index (χ0n) is 13.3. The van der Waals surface area contributed by atoms with Gasteiger partial charge in [0, 0.05) is 38.0 Å². The van der Waals surface area contributed by atoms with Gasteiger partial charge in [-0.3, -0.25) is 9.59 Å². The lowest BCUT2D eigenvalue weighted by molar-refractivity contribution is -0.119. The summed E-state index contributed by atoms with van der Waals surface area (Å²) in [7, 11) is 1.58. The van der Waals surface area contributed by atoms with Gasteiger partial charge in [0.25, 0.3) is 5.91 Å². The molecule has 0 unspecified atom stereocenters. The Balaban J connectivity index is 1.86. The summed E-state index contributed by atoms with van der Waals surface area (Å²) in [5.41, 5.74) is 1.35. The van der Waals surface area contributed by atoms with E-state index in [1.807, 2.05) is 6.07 Å².